The highest BCUT2D eigenvalue weighted by atomic mass is 16.5. The van der Waals surface area contributed by atoms with Gasteiger partial charge in [0.05, 0.1) is 31.3 Å². The van der Waals surface area contributed by atoms with Crippen molar-refractivity contribution in [2.24, 2.45) is 10.9 Å². The number of methoxy groups -OCH3 is 1. The summed E-state index contributed by atoms with van der Waals surface area (Å²) in [6.07, 6.45) is 0.637. The number of nitrogens with zero attached hydrogens (tertiary/aromatic N) is 1. The maximum absolute atomic E-state index is 13.7. The van der Waals surface area contributed by atoms with Gasteiger partial charge in [-0.05, 0) is 75.4 Å². The topological polar surface area (TPSA) is 94.4 Å². The second kappa shape index (κ2) is 10.6. The first-order valence-corrected chi connectivity index (χ1v) is 12.3. The van der Waals surface area contributed by atoms with E-state index in [4.69, 9.17) is 19.2 Å². The van der Waals surface area contributed by atoms with Gasteiger partial charge in [0.2, 0.25) is 0 Å². The molecule has 1 saturated carbocycles. The Morgan fingerprint density at radius 1 is 1.08 bits per heavy atom. The first kappa shape index (κ1) is 25.5. The van der Waals surface area contributed by atoms with Gasteiger partial charge in [0.1, 0.15) is 11.5 Å². The number of ketones is 1. The van der Waals surface area contributed by atoms with Gasteiger partial charge in [-0.1, -0.05) is 18.2 Å². The molecule has 4 rings (SSSR count). The van der Waals surface area contributed by atoms with E-state index >= 15 is 0 Å². The molecular weight excluding hydrogens is 458 g/mol. The van der Waals surface area contributed by atoms with E-state index in [2.05, 4.69) is 0 Å². The van der Waals surface area contributed by atoms with Gasteiger partial charge >= 0.3 is 5.97 Å². The molecule has 36 heavy (non-hydrogen) atoms. The monoisotopic (exact) mass is 491 g/mol. The Morgan fingerprint density at radius 3 is 2.42 bits per heavy atom. The molecule has 0 radical (unpaired) electrons. The molecule has 1 aliphatic heterocycles. The Morgan fingerprint density at radius 2 is 1.78 bits per heavy atom. The largest absolute Gasteiger partial charge is 0.504 e. The third kappa shape index (κ3) is 5.01. The van der Waals surface area contributed by atoms with E-state index in [0.29, 0.717) is 42.0 Å². The quantitative estimate of drug-likeness (QED) is 0.527. The molecule has 1 aliphatic carbocycles. The first-order valence-electron chi connectivity index (χ1n) is 12.3. The number of aromatic hydroxyl groups is 1. The van der Waals surface area contributed by atoms with E-state index in [0.717, 1.165) is 17.0 Å². The highest BCUT2D eigenvalue weighted by molar-refractivity contribution is 6.12. The van der Waals surface area contributed by atoms with Crippen LogP contribution in [0.3, 0.4) is 0 Å². The molecule has 2 aromatic rings. The summed E-state index contributed by atoms with van der Waals surface area (Å²) in [4.78, 5) is 31.8. The number of carbonyl (C=O) groups is 2. The van der Waals surface area contributed by atoms with E-state index in [1.54, 1.807) is 46.1 Å². The molecule has 7 heteroatoms. The van der Waals surface area contributed by atoms with Crippen molar-refractivity contribution in [1.82, 2.24) is 0 Å². The van der Waals surface area contributed by atoms with Gasteiger partial charge in [0.15, 0.2) is 11.5 Å². The Bertz CT molecular complexity index is 1210. The molecular formula is C29H33NO6. The SMILES string of the molecule is CCOc1cc([C@H]2C(C(=O)OC(C)C)=C(C)N=C3C[C@H](c4ccc(OC)cc4)CC(=O)C32)ccc1O. The predicted molar refractivity (Wildman–Crippen MR) is 137 cm³/mol. The summed E-state index contributed by atoms with van der Waals surface area (Å²) in [6, 6.07) is 12.8. The third-order valence-electron chi connectivity index (χ3n) is 6.75. The van der Waals surface area contributed by atoms with E-state index in [9.17, 15) is 14.7 Å². The van der Waals surface area contributed by atoms with Crippen molar-refractivity contribution in [1.29, 1.82) is 0 Å². The zero-order valence-corrected chi connectivity index (χ0v) is 21.4. The van der Waals surface area contributed by atoms with Crippen LogP contribution in [0.15, 0.2) is 58.7 Å². The van der Waals surface area contributed by atoms with Crippen molar-refractivity contribution in [2.75, 3.05) is 13.7 Å². The minimum Gasteiger partial charge on any atom is -0.504 e. The zero-order chi connectivity index (χ0) is 26.0. The maximum Gasteiger partial charge on any atom is 0.336 e. The minimum atomic E-state index is -0.586. The molecule has 0 saturated heterocycles. The summed E-state index contributed by atoms with van der Waals surface area (Å²) in [6.45, 7) is 7.57. The molecule has 1 heterocycles. The van der Waals surface area contributed by atoms with Gasteiger partial charge in [0.25, 0.3) is 0 Å². The van der Waals surface area contributed by atoms with E-state index in [-0.39, 0.29) is 23.6 Å². The van der Waals surface area contributed by atoms with Crippen LogP contribution in [0, 0.1) is 5.92 Å². The molecule has 190 valence electrons. The van der Waals surface area contributed by atoms with Crippen molar-refractivity contribution < 1.29 is 28.9 Å². The lowest BCUT2D eigenvalue weighted by Gasteiger charge is -2.38. The summed E-state index contributed by atoms with van der Waals surface area (Å²) in [5, 5.41) is 10.3. The van der Waals surface area contributed by atoms with Crippen LogP contribution in [0.2, 0.25) is 0 Å². The molecule has 1 unspecified atom stereocenters. The Kier molecular flexibility index (Phi) is 7.48. The standard InChI is InChI=1S/C29H33NO6/c1-6-35-25-15-19(9-12-23(25)31)27-26(29(33)36-16(2)3)17(4)30-22-13-20(14-24(32)28(22)27)18-7-10-21(34-5)11-8-18/h7-12,15-16,20,27-28,31H,6,13-14H2,1-5H3/t20-,27-,28?/m0/s1. The molecule has 0 amide bonds. The summed E-state index contributed by atoms with van der Waals surface area (Å²) in [7, 11) is 1.62. The van der Waals surface area contributed by atoms with Crippen LogP contribution in [0.25, 0.3) is 0 Å². The number of Topliss-reactive ketones (excluding diaryl/α,β-unsaturated/α-hetero) is 1. The van der Waals surface area contributed by atoms with Crippen LogP contribution in [0.5, 0.6) is 17.2 Å². The van der Waals surface area contributed by atoms with Crippen molar-refractivity contribution in [2.45, 2.75) is 58.5 Å². The lowest BCUT2D eigenvalue weighted by Crippen LogP contribution is -2.41. The Labute approximate surface area is 211 Å². The number of aliphatic imine (C=N–C) groups is 1. The van der Waals surface area contributed by atoms with Crippen molar-refractivity contribution in [3.63, 3.8) is 0 Å². The Hall–Kier alpha value is -3.61. The van der Waals surface area contributed by atoms with E-state index < -0.39 is 17.8 Å². The number of fused-ring (bicyclic) bond motifs is 1. The van der Waals surface area contributed by atoms with Crippen LogP contribution in [-0.2, 0) is 14.3 Å². The van der Waals surface area contributed by atoms with Crippen LogP contribution in [0.1, 0.15) is 63.5 Å². The zero-order valence-electron chi connectivity index (χ0n) is 21.4. The highest BCUT2D eigenvalue weighted by Crippen LogP contribution is 2.47. The second-order valence-corrected chi connectivity index (χ2v) is 9.52. The molecule has 7 nitrogen and oxygen atoms in total. The number of rotatable bonds is 7. The molecule has 0 aromatic heterocycles. The minimum absolute atomic E-state index is 0.00479. The summed E-state index contributed by atoms with van der Waals surface area (Å²) < 4.78 is 16.4. The highest BCUT2D eigenvalue weighted by Gasteiger charge is 2.46. The average molecular weight is 492 g/mol. The van der Waals surface area contributed by atoms with Crippen molar-refractivity contribution >= 4 is 17.5 Å². The predicted octanol–water partition coefficient (Wildman–Crippen LogP) is 5.33. The molecule has 0 bridgehead atoms. The molecule has 2 aromatic carbocycles. The van der Waals surface area contributed by atoms with Gasteiger partial charge < -0.3 is 19.3 Å². The smallest absolute Gasteiger partial charge is 0.336 e. The fourth-order valence-corrected chi connectivity index (χ4v) is 5.19. The van der Waals surface area contributed by atoms with Gasteiger partial charge in [-0.15, -0.1) is 0 Å². The van der Waals surface area contributed by atoms with Crippen LogP contribution >= 0.6 is 0 Å². The van der Waals surface area contributed by atoms with Crippen LogP contribution in [-0.4, -0.2) is 42.4 Å². The fourth-order valence-electron chi connectivity index (χ4n) is 5.19. The van der Waals surface area contributed by atoms with Crippen LogP contribution in [0.4, 0.5) is 0 Å². The number of hydrogen-bond acceptors (Lipinski definition) is 7. The molecule has 2 aliphatic rings. The number of phenolic OH excluding ortho intramolecular Hbond substituents is 1. The maximum atomic E-state index is 13.7. The summed E-state index contributed by atoms with van der Waals surface area (Å²) >= 11 is 0. The lowest BCUT2D eigenvalue weighted by molar-refractivity contribution is -0.143. The van der Waals surface area contributed by atoms with Gasteiger partial charge in [-0.3, -0.25) is 9.79 Å². The van der Waals surface area contributed by atoms with E-state index in [1.165, 1.54) is 0 Å². The lowest BCUT2D eigenvalue weighted by atomic mass is 9.66. The number of allylic oxidation sites excluding steroid dienone is 1. The van der Waals surface area contributed by atoms with Gasteiger partial charge in [-0.2, -0.15) is 0 Å². The summed E-state index contributed by atoms with van der Waals surface area (Å²) in [5.74, 6) is -0.539. The molecule has 1 fully saturated rings. The number of ether oxygens (including phenoxy) is 3. The second-order valence-electron chi connectivity index (χ2n) is 9.52. The first-order chi connectivity index (χ1) is 17.2. The Balaban J connectivity index is 1.78. The number of hydrogen-bond donors (Lipinski definition) is 1. The summed E-state index contributed by atoms with van der Waals surface area (Å²) in [5.41, 5.74) is 3.45. The molecule has 1 N–H and O–H groups in total. The number of benzene rings is 2. The third-order valence-corrected chi connectivity index (χ3v) is 6.75. The average Bonchev–Trinajstić information content (AvgIpc) is 2.84. The number of esters is 1. The number of carbonyl (C=O) groups excluding carboxylic acids is 2. The van der Waals surface area contributed by atoms with Gasteiger partial charge in [0, 0.05) is 23.7 Å². The molecule has 0 spiro atoms. The number of phenols is 1. The van der Waals surface area contributed by atoms with Gasteiger partial charge in [-0.25, -0.2) is 4.79 Å². The van der Waals surface area contributed by atoms with E-state index in [1.807, 2.05) is 31.2 Å². The molecule has 3 atom stereocenters. The van der Waals surface area contributed by atoms with Crippen LogP contribution < -0.4 is 9.47 Å². The normalized spacial score (nSPS) is 21.7. The van der Waals surface area contributed by atoms with Crippen molar-refractivity contribution in [3.05, 3.63) is 64.9 Å². The van der Waals surface area contributed by atoms with Crippen molar-refractivity contribution in [3.8, 4) is 17.2 Å². The fraction of sp³-hybridized carbons (Fsp3) is 0.414.